The van der Waals surface area contributed by atoms with Crippen LogP contribution in [0.1, 0.15) is 26.0 Å². The van der Waals surface area contributed by atoms with Gasteiger partial charge in [0, 0.05) is 24.9 Å². The molecule has 10 heteroatoms. The number of ether oxygens (including phenoxy) is 1. The van der Waals surface area contributed by atoms with Crippen LogP contribution in [0, 0.1) is 22.0 Å². The molecule has 2 aromatic heterocycles. The molecule has 3 aromatic rings. The predicted octanol–water partition coefficient (Wildman–Crippen LogP) is 4.48. The molecule has 4 rings (SSSR count). The molecule has 0 bridgehead atoms. The zero-order chi connectivity index (χ0) is 22.5. The van der Waals surface area contributed by atoms with Gasteiger partial charge in [0.15, 0.2) is 10.9 Å². The molecule has 2 unspecified atom stereocenters. The fourth-order valence-electron chi connectivity index (χ4n) is 4.16. The van der Waals surface area contributed by atoms with Crippen LogP contribution in [0.25, 0.3) is 0 Å². The maximum absolute atomic E-state index is 11.2. The summed E-state index contributed by atoms with van der Waals surface area (Å²) in [6.07, 6.45) is 2.88. The molecular weight excluding hydrogens is 430 g/mol. The Hall–Kier alpha value is -3.01. The van der Waals surface area contributed by atoms with Crippen LogP contribution in [0.15, 0.2) is 52.2 Å². The van der Waals surface area contributed by atoms with E-state index in [1.54, 1.807) is 24.5 Å². The van der Waals surface area contributed by atoms with Crippen molar-refractivity contribution in [1.29, 1.82) is 0 Å². The second-order valence-corrected chi connectivity index (χ2v) is 9.28. The lowest BCUT2D eigenvalue weighted by Gasteiger charge is -2.35. The fraction of sp³-hybridized carbons (Fsp3) is 0.455. The van der Waals surface area contributed by atoms with Crippen LogP contribution in [0.2, 0.25) is 0 Å². The number of para-hydroxylation sites is 2. The third kappa shape index (κ3) is 5.24. The summed E-state index contributed by atoms with van der Waals surface area (Å²) in [6.45, 7) is 7.30. The zero-order valence-corrected chi connectivity index (χ0v) is 19.0. The van der Waals surface area contributed by atoms with Crippen molar-refractivity contribution in [1.82, 2.24) is 14.8 Å². The zero-order valence-electron chi connectivity index (χ0n) is 18.2. The normalized spacial score (nSPS) is 18.6. The van der Waals surface area contributed by atoms with Gasteiger partial charge in [-0.05, 0) is 36.5 Å². The molecule has 1 saturated heterocycles. The lowest BCUT2D eigenvalue weighted by molar-refractivity contribution is -0.385. The monoisotopic (exact) mass is 457 g/mol. The van der Waals surface area contributed by atoms with Crippen molar-refractivity contribution in [3.8, 4) is 5.75 Å². The van der Waals surface area contributed by atoms with E-state index in [4.69, 9.17) is 9.15 Å². The van der Waals surface area contributed by atoms with Crippen molar-refractivity contribution in [2.24, 2.45) is 11.8 Å². The minimum Gasteiger partial charge on any atom is -0.486 e. The van der Waals surface area contributed by atoms with Crippen molar-refractivity contribution in [3.05, 3.63) is 58.5 Å². The Morgan fingerprint density at radius 2 is 1.97 bits per heavy atom. The minimum absolute atomic E-state index is 0.0332. The molecule has 1 aliphatic rings. The van der Waals surface area contributed by atoms with Crippen molar-refractivity contribution in [2.45, 2.75) is 32.0 Å². The maximum Gasteiger partial charge on any atom is 0.310 e. The number of nitro groups is 1. The third-order valence-electron chi connectivity index (χ3n) is 5.38. The van der Waals surface area contributed by atoms with E-state index in [-0.39, 0.29) is 11.4 Å². The molecule has 0 radical (unpaired) electrons. The summed E-state index contributed by atoms with van der Waals surface area (Å²) in [4.78, 5) is 13.0. The summed E-state index contributed by atoms with van der Waals surface area (Å²) >= 11 is 1.51. The molecule has 1 aromatic carbocycles. The van der Waals surface area contributed by atoms with E-state index in [1.165, 1.54) is 24.2 Å². The van der Waals surface area contributed by atoms with Gasteiger partial charge in [-0.2, -0.15) is 0 Å². The lowest BCUT2D eigenvalue weighted by Crippen LogP contribution is -2.40. The van der Waals surface area contributed by atoms with E-state index in [0.29, 0.717) is 30.7 Å². The van der Waals surface area contributed by atoms with Gasteiger partial charge < -0.3 is 14.1 Å². The van der Waals surface area contributed by atoms with Gasteiger partial charge in [-0.15, -0.1) is 10.2 Å². The molecule has 170 valence electrons. The van der Waals surface area contributed by atoms with E-state index in [9.17, 15) is 10.1 Å². The average molecular weight is 458 g/mol. The Morgan fingerprint density at radius 1 is 1.19 bits per heavy atom. The van der Waals surface area contributed by atoms with Crippen molar-refractivity contribution >= 4 is 23.4 Å². The molecule has 0 saturated carbocycles. The molecule has 2 atom stereocenters. The van der Waals surface area contributed by atoms with Crippen LogP contribution in [0.4, 0.5) is 11.6 Å². The van der Waals surface area contributed by atoms with Gasteiger partial charge in [-0.3, -0.25) is 14.7 Å². The molecular formula is C22H27N5O4S. The van der Waals surface area contributed by atoms with E-state index in [1.807, 2.05) is 12.1 Å². The Balaban J connectivity index is 1.46. The number of rotatable bonds is 9. The number of hydrogen-bond donors (Lipinski definition) is 0. The molecule has 9 nitrogen and oxygen atoms in total. The predicted molar refractivity (Wildman–Crippen MR) is 122 cm³/mol. The first-order valence-electron chi connectivity index (χ1n) is 10.7. The average Bonchev–Trinajstić information content (AvgIpc) is 3.41. The number of aromatic nitrogens is 3. The number of nitro benzene ring substituents is 1. The summed E-state index contributed by atoms with van der Waals surface area (Å²) in [6, 6.07) is 10.2. The molecule has 1 aliphatic heterocycles. The first-order chi connectivity index (χ1) is 15.5. The van der Waals surface area contributed by atoms with Gasteiger partial charge in [-0.1, -0.05) is 37.7 Å². The van der Waals surface area contributed by atoms with Crippen LogP contribution in [-0.4, -0.2) is 45.1 Å². The van der Waals surface area contributed by atoms with Gasteiger partial charge in [0.05, 0.1) is 24.3 Å². The Kier molecular flexibility index (Phi) is 6.99. The number of anilines is 1. The van der Waals surface area contributed by atoms with Crippen molar-refractivity contribution in [3.63, 3.8) is 0 Å². The molecule has 0 aliphatic carbocycles. The third-order valence-corrected chi connectivity index (χ3v) is 6.31. The molecule has 3 heterocycles. The smallest absolute Gasteiger partial charge is 0.310 e. The van der Waals surface area contributed by atoms with Crippen LogP contribution in [-0.2, 0) is 6.54 Å². The van der Waals surface area contributed by atoms with E-state index in [2.05, 4.69) is 33.5 Å². The first-order valence-corrected chi connectivity index (χ1v) is 11.7. The molecule has 0 N–H and O–H groups in total. The highest BCUT2D eigenvalue weighted by molar-refractivity contribution is 7.99. The molecule has 0 amide bonds. The number of benzene rings is 1. The SMILES string of the molecule is CC1CC(C)CN(c2nnc(SCCOc3ccccc3[N+](=O)[O-])n2Cc2ccco2)C1. The molecule has 32 heavy (non-hydrogen) atoms. The van der Waals surface area contributed by atoms with E-state index >= 15 is 0 Å². The van der Waals surface area contributed by atoms with Crippen LogP contribution >= 0.6 is 11.8 Å². The lowest BCUT2D eigenvalue weighted by atomic mass is 9.92. The Bertz CT molecular complexity index is 1030. The van der Waals surface area contributed by atoms with E-state index < -0.39 is 4.92 Å². The number of furan rings is 1. The standard InChI is InChI=1S/C22H27N5O4S/c1-16-12-17(2)14-25(13-16)21-23-24-22(26(21)15-18-6-5-9-30-18)32-11-10-31-20-8-4-3-7-19(20)27(28)29/h3-9,16-17H,10-15H2,1-2H3. The minimum atomic E-state index is -0.435. The van der Waals surface area contributed by atoms with Gasteiger partial charge in [0.1, 0.15) is 5.76 Å². The van der Waals surface area contributed by atoms with Crippen LogP contribution in [0.3, 0.4) is 0 Å². The number of nitrogens with zero attached hydrogens (tertiary/aromatic N) is 5. The second kappa shape index (κ2) is 10.1. The summed E-state index contributed by atoms with van der Waals surface area (Å²) in [7, 11) is 0. The highest BCUT2D eigenvalue weighted by atomic mass is 32.2. The fourth-order valence-corrected chi connectivity index (χ4v) is 4.91. The second-order valence-electron chi connectivity index (χ2n) is 8.22. The van der Waals surface area contributed by atoms with Crippen molar-refractivity contribution < 1.29 is 14.1 Å². The Labute approximate surface area is 190 Å². The topological polar surface area (TPSA) is 99.5 Å². The van der Waals surface area contributed by atoms with Crippen LogP contribution in [0.5, 0.6) is 5.75 Å². The maximum atomic E-state index is 11.2. The summed E-state index contributed by atoms with van der Waals surface area (Å²) in [5.41, 5.74) is -0.0332. The van der Waals surface area contributed by atoms with Crippen molar-refractivity contribution in [2.75, 3.05) is 30.3 Å². The van der Waals surface area contributed by atoms with Crippen LogP contribution < -0.4 is 9.64 Å². The quantitative estimate of drug-likeness (QED) is 0.201. The highest BCUT2D eigenvalue weighted by Crippen LogP contribution is 2.30. The number of piperidine rings is 1. The molecule has 1 fully saturated rings. The first kappa shape index (κ1) is 22.2. The van der Waals surface area contributed by atoms with E-state index in [0.717, 1.165) is 30.0 Å². The van der Waals surface area contributed by atoms with Gasteiger partial charge in [0.25, 0.3) is 0 Å². The number of thioether (sulfide) groups is 1. The highest BCUT2D eigenvalue weighted by Gasteiger charge is 2.27. The summed E-state index contributed by atoms with van der Waals surface area (Å²) in [5.74, 6) is 3.73. The van der Waals surface area contributed by atoms with Gasteiger partial charge >= 0.3 is 5.69 Å². The largest absolute Gasteiger partial charge is 0.486 e. The summed E-state index contributed by atoms with van der Waals surface area (Å²) < 4.78 is 13.3. The summed E-state index contributed by atoms with van der Waals surface area (Å²) in [5, 5.41) is 20.9. The van der Waals surface area contributed by atoms with Gasteiger partial charge in [-0.25, -0.2) is 0 Å². The van der Waals surface area contributed by atoms with Gasteiger partial charge in [0.2, 0.25) is 5.95 Å². The Morgan fingerprint density at radius 3 is 2.69 bits per heavy atom. The molecule has 0 spiro atoms. The number of hydrogen-bond acceptors (Lipinski definition) is 8.